The van der Waals surface area contributed by atoms with Gasteiger partial charge in [0.2, 0.25) is 5.91 Å². The van der Waals surface area contributed by atoms with Crippen LogP contribution in [0.5, 0.6) is 0 Å². The van der Waals surface area contributed by atoms with E-state index >= 15 is 0 Å². The molecule has 1 unspecified atom stereocenters. The second kappa shape index (κ2) is 7.68. The fraction of sp³-hybridized carbons (Fsp3) is 0.588. The molecule has 0 aromatic heterocycles. The molecule has 2 N–H and O–H groups in total. The molecule has 1 atom stereocenters. The summed E-state index contributed by atoms with van der Waals surface area (Å²) in [5, 5.41) is 12.9. The van der Waals surface area contributed by atoms with E-state index in [1.807, 2.05) is 27.7 Å². The van der Waals surface area contributed by atoms with Gasteiger partial charge in [-0.2, -0.15) is 0 Å². The molecule has 0 aliphatic rings. The summed E-state index contributed by atoms with van der Waals surface area (Å²) in [5.41, 5.74) is 0.154. The van der Waals surface area contributed by atoms with Crippen molar-refractivity contribution in [2.75, 3.05) is 6.54 Å². The molecular weight excluding hydrogens is 288 g/mol. The molecule has 0 heterocycles. The molecule has 0 spiro atoms. The summed E-state index contributed by atoms with van der Waals surface area (Å²) in [6.07, 6.45) is 0.0220. The number of halogens is 2. The average molecular weight is 313 g/mol. The Morgan fingerprint density at radius 2 is 1.91 bits per heavy atom. The molecule has 22 heavy (non-hydrogen) atoms. The molecule has 1 rings (SSSR count). The Morgan fingerprint density at radius 1 is 1.27 bits per heavy atom. The minimum Gasteiger partial charge on any atom is -0.392 e. The van der Waals surface area contributed by atoms with Gasteiger partial charge >= 0.3 is 0 Å². The van der Waals surface area contributed by atoms with E-state index in [2.05, 4.69) is 5.32 Å². The molecule has 0 bridgehead atoms. The van der Waals surface area contributed by atoms with E-state index < -0.39 is 23.2 Å². The minimum atomic E-state index is -0.904. The Hall–Kier alpha value is -1.49. The number of nitrogens with one attached hydrogen (secondary N) is 1. The molecule has 0 aliphatic carbocycles. The summed E-state index contributed by atoms with van der Waals surface area (Å²) in [6, 6.07) is 3.64. The minimum absolute atomic E-state index is 0.106. The van der Waals surface area contributed by atoms with Crippen molar-refractivity contribution in [2.45, 2.75) is 46.6 Å². The van der Waals surface area contributed by atoms with Crippen LogP contribution < -0.4 is 5.32 Å². The van der Waals surface area contributed by atoms with E-state index in [4.69, 9.17) is 0 Å². The molecule has 0 saturated carbocycles. The number of benzene rings is 1. The lowest BCUT2D eigenvalue weighted by molar-refractivity contribution is -0.122. The Morgan fingerprint density at radius 3 is 2.45 bits per heavy atom. The number of hydrogen-bond acceptors (Lipinski definition) is 2. The van der Waals surface area contributed by atoms with Crippen LogP contribution in [0.25, 0.3) is 0 Å². The number of carbonyl (C=O) groups excluding carboxylic acids is 1. The number of hydrogen-bond donors (Lipinski definition) is 2. The fourth-order valence-electron chi connectivity index (χ4n) is 2.37. The summed E-state index contributed by atoms with van der Waals surface area (Å²) in [4.78, 5) is 11.8. The van der Waals surface area contributed by atoms with Crippen molar-refractivity contribution in [2.24, 2.45) is 11.3 Å². The normalized spacial score (nSPS) is 13.3. The molecule has 3 nitrogen and oxygen atoms in total. The lowest BCUT2D eigenvalue weighted by Crippen LogP contribution is -2.43. The highest BCUT2D eigenvalue weighted by Gasteiger charge is 2.30. The van der Waals surface area contributed by atoms with Gasteiger partial charge in [0.15, 0.2) is 11.6 Å². The zero-order chi connectivity index (χ0) is 16.9. The van der Waals surface area contributed by atoms with E-state index in [0.717, 1.165) is 12.1 Å². The molecule has 1 aromatic carbocycles. The van der Waals surface area contributed by atoms with E-state index in [1.165, 1.54) is 6.07 Å². The third-order valence-corrected chi connectivity index (χ3v) is 3.80. The van der Waals surface area contributed by atoms with Gasteiger partial charge in [0.05, 0.1) is 6.10 Å². The van der Waals surface area contributed by atoms with Crippen LogP contribution in [0.3, 0.4) is 0 Å². The average Bonchev–Trinajstić information content (AvgIpc) is 2.45. The van der Waals surface area contributed by atoms with Crippen molar-refractivity contribution >= 4 is 5.91 Å². The fourth-order valence-corrected chi connectivity index (χ4v) is 2.37. The van der Waals surface area contributed by atoms with Crippen molar-refractivity contribution in [1.29, 1.82) is 0 Å². The van der Waals surface area contributed by atoms with Gasteiger partial charge in [-0.15, -0.1) is 0 Å². The Bertz CT molecular complexity index is 515. The molecule has 0 radical (unpaired) electrons. The quantitative estimate of drug-likeness (QED) is 0.813. The largest absolute Gasteiger partial charge is 0.392 e. The molecule has 1 aromatic rings. The summed E-state index contributed by atoms with van der Waals surface area (Å²) in [7, 11) is 0. The standard InChI is InChI=1S/C17H25F2NO2/c1-11(2)16(22)17(3,4)10-20-15(21)8-6-12-5-7-13(18)14(19)9-12/h5,7,9,11,16,22H,6,8,10H2,1-4H3,(H,20,21). The molecule has 124 valence electrons. The number of aliphatic hydroxyl groups excluding tert-OH is 1. The summed E-state index contributed by atoms with van der Waals surface area (Å²) in [6.45, 7) is 8.01. The highest BCUT2D eigenvalue weighted by molar-refractivity contribution is 5.76. The summed E-state index contributed by atoms with van der Waals surface area (Å²) in [5.74, 6) is -1.86. The number of carbonyl (C=O) groups is 1. The molecular formula is C17H25F2NO2. The zero-order valence-corrected chi connectivity index (χ0v) is 13.6. The van der Waals surface area contributed by atoms with Gasteiger partial charge in [0.1, 0.15) is 0 Å². The zero-order valence-electron chi connectivity index (χ0n) is 13.6. The van der Waals surface area contributed by atoms with E-state index in [9.17, 15) is 18.7 Å². The van der Waals surface area contributed by atoms with Crippen LogP contribution in [0, 0.1) is 23.0 Å². The van der Waals surface area contributed by atoms with Gasteiger partial charge in [0.25, 0.3) is 0 Å². The van der Waals surface area contributed by atoms with Gasteiger partial charge in [-0.1, -0.05) is 33.8 Å². The van der Waals surface area contributed by atoms with Crippen LogP contribution in [-0.2, 0) is 11.2 Å². The maximum atomic E-state index is 13.1. The number of aryl methyl sites for hydroxylation is 1. The van der Waals surface area contributed by atoms with Crippen LogP contribution in [-0.4, -0.2) is 23.7 Å². The first-order chi connectivity index (χ1) is 10.1. The van der Waals surface area contributed by atoms with Gasteiger partial charge in [-0.25, -0.2) is 8.78 Å². The highest BCUT2D eigenvalue weighted by atomic mass is 19.2. The van der Waals surface area contributed by atoms with Gasteiger partial charge in [-0.05, 0) is 30.0 Å². The second-order valence-corrected chi connectivity index (χ2v) is 6.70. The van der Waals surface area contributed by atoms with Crippen molar-refractivity contribution in [1.82, 2.24) is 5.32 Å². The molecule has 0 saturated heterocycles. The predicted molar refractivity (Wildman–Crippen MR) is 82.3 cm³/mol. The first-order valence-electron chi connectivity index (χ1n) is 7.52. The third kappa shape index (κ3) is 5.37. The number of amides is 1. The predicted octanol–water partition coefficient (Wildman–Crippen LogP) is 3.06. The highest BCUT2D eigenvalue weighted by Crippen LogP contribution is 2.25. The molecule has 0 fully saturated rings. The van der Waals surface area contributed by atoms with Crippen molar-refractivity contribution in [3.05, 3.63) is 35.4 Å². The van der Waals surface area contributed by atoms with Crippen LogP contribution in [0.2, 0.25) is 0 Å². The van der Waals surface area contributed by atoms with Gasteiger partial charge < -0.3 is 10.4 Å². The van der Waals surface area contributed by atoms with Crippen LogP contribution >= 0.6 is 0 Å². The molecule has 0 aliphatic heterocycles. The van der Waals surface area contributed by atoms with Gasteiger partial charge in [-0.3, -0.25) is 4.79 Å². The SMILES string of the molecule is CC(C)C(O)C(C)(C)CNC(=O)CCc1ccc(F)c(F)c1. The third-order valence-electron chi connectivity index (χ3n) is 3.80. The molecule has 5 heteroatoms. The lowest BCUT2D eigenvalue weighted by Gasteiger charge is -2.33. The van der Waals surface area contributed by atoms with Crippen molar-refractivity contribution < 1.29 is 18.7 Å². The molecule has 1 amide bonds. The smallest absolute Gasteiger partial charge is 0.220 e. The number of aliphatic hydroxyl groups is 1. The van der Waals surface area contributed by atoms with E-state index in [-0.39, 0.29) is 18.2 Å². The maximum absolute atomic E-state index is 13.1. The second-order valence-electron chi connectivity index (χ2n) is 6.70. The summed E-state index contributed by atoms with van der Waals surface area (Å²) >= 11 is 0. The monoisotopic (exact) mass is 313 g/mol. The van der Waals surface area contributed by atoms with Crippen molar-refractivity contribution in [3.8, 4) is 0 Å². The van der Waals surface area contributed by atoms with E-state index in [0.29, 0.717) is 18.5 Å². The number of rotatable bonds is 7. The van der Waals surface area contributed by atoms with Crippen molar-refractivity contribution in [3.63, 3.8) is 0 Å². The Balaban J connectivity index is 2.45. The first kappa shape index (κ1) is 18.6. The topological polar surface area (TPSA) is 49.3 Å². The van der Waals surface area contributed by atoms with Gasteiger partial charge in [0, 0.05) is 18.4 Å². The maximum Gasteiger partial charge on any atom is 0.220 e. The van der Waals surface area contributed by atoms with E-state index in [1.54, 1.807) is 0 Å². The van der Waals surface area contributed by atoms with Crippen LogP contribution in [0.1, 0.15) is 39.7 Å². The Kier molecular flexibility index (Phi) is 6.48. The first-order valence-corrected chi connectivity index (χ1v) is 7.52. The summed E-state index contributed by atoms with van der Waals surface area (Å²) < 4.78 is 25.9. The van der Waals surface area contributed by atoms with Crippen LogP contribution in [0.15, 0.2) is 18.2 Å². The van der Waals surface area contributed by atoms with Crippen LogP contribution in [0.4, 0.5) is 8.78 Å². The lowest BCUT2D eigenvalue weighted by atomic mass is 9.80. The Labute approximate surface area is 130 Å².